The van der Waals surface area contributed by atoms with E-state index >= 15 is 0 Å². The topological polar surface area (TPSA) is 41.1 Å². The van der Waals surface area contributed by atoms with Gasteiger partial charge >= 0.3 is 0 Å². The standard InChI is InChI=1S/C17H18N2OS/c1-21-16-6-4-13(5-7-16)17(20)19-9-12-2-3-14-10-18-11-15(14)8-12/h2-8,18H,9-11H2,1H3,(H,19,20). The van der Waals surface area contributed by atoms with Gasteiger partial charge in [0, 0.05) is 30.1 Å². The molecule has 1 amide bonds. The molecule has 0 saturated carbocycles. The number of benzene rings is 2. The van der Waals surface area contributed by atoms with E-state index in [4.69, 9.17) is 0 Å². The molecule has 0 saturated heterocycles. The summed E-state index contributed by atoms with van der Waals surface area (Å²) in [6, 6.07) is 14.1. The zero-order chi connectivity index (χ0) is 14.7. The van der Waals surface area contributed by atoms with E-state index in [9.17, 15) is 4.79 Å². The lowest BCUT2D eigenvalue weighted by Crippen LogP contribution is -2.22. The van der Waals surface area contributed by atoms with Crippen LogP contribution < -0.4 is 10.6 Å². The molecule has 0 unspecified atom stereocenters. The maximum atomic E-state index is 12.1. The number of fused-ring (bicyclic) bond motifs is 1. The first-order valence-corrected chi connectivity index (χ1v) is 8.22. The number of amides is 1. The lowest BCUT2D eigenvalue weighted by molar-refractivity contribution is 0.0951. The van der Waals surface area contributed by atoms with Crippen molar-refractivity contribution in [1.82, 2.24) is 10.6 Å². The van der Waals surface area contributed by atoms with E-state index in [1.807, 2.05) is 30.5 Å². The molecule has 21 heavy (non-hydrogen) atoms. The molecular formula is C17H18N2OS. The second-order valence-corrected chi connectivity index (χ2v) is 6.00. The molecule has 2 N–H and O–H groups in total. The van der Waals surface area contributed by atoms with Gasteiger partial charge in [-0.3, -0.25) is 4.79 Å². The van der Waals surface area contributed by atoms with Gasteiger partial charge in [-0.2, -0.15) is 0 Å². The number of carbonyl (C=O) groups is 1. The summed E-state index contributed by atoms with van der Waals surface area (Å²) < 4.78 is 0. The number of carbonyl (C=O) groups excluding carboxylic acids is 1. The summed E-state index contributed by atoms with van der Waals surface area (Å²) in [4.78, 5) is 13.3. The Morgan fingerprint density at radius 2 is 1.90 bits per heavy atom. The fraction of sp³-hybridized carbons (Fsp3) is 0.235. The summed E-state index contributed by atoms with van der Waals surface area (Å²) in [7, 11) is 0. The highest BCUT2D eigenvalue weighted by Gasteiger charge is 2.10. The van der Waals surface area contributed by atoms with Crippen LogP contribution in [0.1, 0.15) is 27.0 Å². The van der Waals surface area contributed by atoms with E-state index in [1.165, 1.54) is 11.1 Å². The third-order valence-corrected chi connectivity index (χ3v) is 4.45. The normalized spacial score (nSPS) is 13.0. The van der Waals surface area contributed by atoms with Gasteiger partial charge in [0.25, 0.3) is 5.91 Å². The van der Waals surface area contributed by atoms with Crippen molar-refractivity contribution in [2.45, 2.75) is 24.5 Å². The summed E-state index contributed by atoms with van der Waals surface area (Å²) >= 11 is 1.67. The smallest absolute Gasteiger partial charge is 0.251 e. The Morgan fingerprint density at radius 3 is 2.67 bits per heavy atom. The van der Waals surface area contributed by atoms with E-state index in [-0.39, 0.29) is 5.91 Å². The summed E-state index contributed by atoms with van der Waals surface area (Å²) in [6.07, 6.45) is 2.03. The molecule has 0 bridgehead atoms. The van der Waals surface area contributed by atoms with Crippen molar-refractivity contribution in [1.29, 1.82) is 0 Å². The molecule has 0 aromatic heterocycles. The second-order valence-electron chi connectivity index (χ2n) is 5.12. The highest BCUT2D eigenvalue weighted by atomic mass is 32.2. The Balaban J connectivity index is 1.62. The van der Waals surface area contributed by atoms with Crippen molar-refractivity contribution in [3.63, 3.8) is 0 Å². The fourth-order valence-electron chi connectivity index (χ4n) is 2.48. The van der Waals surface area contributed by atoms with E-state index in [0.29, 0.717) is 12.1 Å². The second kappa shape index (κ2) is 6.33. The van der Waals surface area contributed by atoms with Crippen molar-refractivity contribution in [3.05, 3.63) is 64.7 Å². The van der Waals surface area contributed by atoms with Crippen molar-refractivity contribution in [2.24, 2.45) is 0 Å². The molecule has 3 rings (SSSR count). The number of rotatable bonds is 4. The van der Waals surface area contributed by atoms with Gasteiger partial charge in [-0.25, -0.2) is 0 Å². The first-order chi connectivity index (χ1) is 10.3. The third kappa shape index (κ3) is 3.28. The predicted octanol–water partition coefficient (Wildman–Crippen LogP) is 2.94. The summed E-state index contributed by atoms with van der Waals surface area (Å²) in [6.45, 7) is 2.44. The summed E-state index contributed by atoms with van der Waals surface area (Å²) in [5, 5.41) is 6.30. The molecule has 4 heteroatoms. The molecule has 1 heterocycles. The minimum atomic E-state index is -0.0266. The molecule has 3 nitrogen and oxygen atoms in total. The van der Waals surface area contributed by atoms with E-state index in [2.05, 4.69) is 28.8 Å². The van der Waals surface area contributed by atoms with Crippen LogP contribution in [-0.2, 0) is 19.6 Å². The Hall–Kier alpha value is -1.78. The minimum absolute atomic E-state index is 0.0266. The molecule has 108 valence electrons. The maximum Gasteiger partial charge on any atom is 0.251 e. The highest BCUT2D eigenvalue weighted by molar-refractivity contribution is 7.98. The molecule has 2 aromatic rings. The lowest BCUT2D eigenvalue weighted by Gasteiger charge is -2.07. The van der Waals surface area contributed by atoms with Crippen LogP contribution in [0, 0.1) is 0 Å². The van der Waals surface area contributed by atoms with E-state index in [1.54, 1.807) is 11.8 Å². The highest BCUT2D eigenvalue weighted by Crippen LogP contribution is 2.17. The quantitative estimate of drug-likeness (QED) is 0.853. The first-order valence-electron chi connectivity index (χ1n) is 7.00. The molecule has 1 aliphatic rings. The van der Waals surface area contributed by atoms with Crippen LogP contribution in [0.25, 0.3) is 0 Å². The molecule has 1 aliphatic heterocycles. The average Bonchev–Trinajstić information content (AvgIpc) is 3.00. The SMILES string of the molecule is CSc1ccc(C(=O)NCc2ccc3c(c2)CNC3)cc1. The maximum absolute atomic E-state index is 12.1. The van der Waals surface area contributed by atoms with Gasteiger partial charge in [-0.1, -0.05) is 18.2 Å². The van der Waals surface area contributed by atoms with Gasteiger partial charge in [-0.15, -0.1) is 11.8 Å². The Morgan fingerprint density at radius 1 is 1.14 bits per heavy atom. The zero-order valence-electron chi connectivity index (χ0n) is 12.0. The predicted molar refractivity (Wildman–Crippen MR) is 86.4 cm³/mol. The van der Waals surface area contributed by atoms with Crippen LogP contribution in [0.4, 0.5) is 0 Å². The number of nitrogens with one attached hydrogen (secondary N) is 2. The third-order valence-electron chi connectivity index (χ3n) is 3.71. The van der Waals surface area contributed by atoms with Crippen LogP contribution in [0.15, 0.2) is 47.4 Å². The van der Waals surface area contributed by atoms with Crippen LogP contribution in [0.3, 0.4) is 0 Å². The molecule has 0 aliphatic carbocycles. The van der Waals surface area contributed by atoms with E-state index < -0.39 is 0 Å². The van der Waals surface area contributed by atoms with E-state index in [0.717, 1.165) is 23.5 Å². The fourth-order valence-corrected chi connectivity index (χ4v) is 2.89. The summed E-state index contributed by atoms with van der Waals surface area (Å²) in [5.74, 6) is -0.0266. The van der Waals surface area contributed by atoms with Gasteiger partial charge < -0.3 is 10.6 Å². The van der Waals surface area contributed by atoms with Crippen LogP contribution in [0.2, 0.25) is 0 Å². The molecular weight excluding hydrogens is 280 g/mol. The van der Waals surface area contributed by atoms with Crippen LogP contribution in [0.5, 0.6) is 0 Å². The Bertz CT molecular complexity index is 652. The minimum Gasteiger partial charge on any atom is -0.348 e. The molecule has 0 spiro atoms. The summed E-state index contributed by atoms with van der Waals surface area (Å²) in [5.41, 5.74) is 4.55. The van der Waals surface area contributed by atoms with Crippen molar-refractivity contribution < 1.29 is 4.79 Å². The monoisotopic (exact) mass is 298 g/mol. The molecule has 0 fully saturated rings. The number of hydrogen-bond donors (Lipinski definition) is 2. The van der Waals surface area contributed by atoms with Crippen LogP contribution in [-0.4, -0.2) is 12.2 Å². The van der Waals surface area contributed by atoms with Gasteiger partial charge in [0.2, 0.25) is 0 Å². The molecule has 0 radical (unpaired) electrons. The average molecular weight is 298 g/mol. The van der Waals surface area contributed by atoms with Gasteiger partial charge in [0.05, 0.1) is 0 Å². The number of hydrogen-bond acceptors (Lipinski definition) is 3. The molecule has 2 aromatic carbocycles. The first kappa shape index (κ1) is 14.2. The van der Waals surface area contributed by atoms with Crippen molar-refractivity contribution in [2.75, 3.05) is 6.26 Å². The van der Waals surface area contributed by atoms with Crippen LogP contribution >= 0.6 is 11.8 Å². The van der Waals surface area contributed by atoms with Crippen molar-refractivity contribution >= 4 is 17.7 Å². The largest absolute Gasteiger partial charge is 0.348 e. The van der Waals surface area contributed by atoms with Gasteiger partial charge in [0.15, 0.2) is 0 Å². The number of thioether (sulfide) groups is 1. The van der Waals surface area contributed by atoms with Gasteiger partial charge in [-0.05, 0) is 47.2 Å². The molecule has 0 atom stereocenters. The Labute approximate surface area is 129 Å². The lowest BCUT2D eigenvalue weighted by atomic mass is 10.1. The van der Waals surface area contributed by atoms with Crippen molar-refractivity contribution in [3.8, 4) is 0 Å². The van der Waals surface area contributed by atoms with Gasteiger partial charge in [0.1, 0.15) is 0 Å². The zero-order valence-corrected chi connectivity index (χ0v) is 12.8. The Kier molecular flexibility index (Phi) is 4.27.